The fourth-order valence-corrected chi connectivity index (χ4v) is 3.09. The SMILES string of the molecule is N[C@@H]1CNC(CC(=O)NCCO)C[C@H]1c1ccc(Cl)c(Cl)c1. The molecule has 0 aromatic heterocycles. The Bertz CT molecular complexity index is 528. The fraction of sp³-hybridized carbons (Fsp3) is 0.533. The highest BCUT2D eigenvalue weighted by molar-refractivity contribution is 6.42. The van der Waals surface area contributed by atoms with E-state index in [2.05, 4.69) is 10.6 Å². The van der Waals surface area contributed by atoms with Crippen LogP contribution in [-0.2, 0) is 4.79 Å². The minimum Gasteiger partial charge on any atom is -0.395 e. The van der Waals surface area contributed by atoms with Gasteiger partial charge in [0, 0.05) is 37.5 Å². The third-order valence-electron chi connectivity index (χ3n) is 3.94. The Morgan fingerprint density at radius 2 is 2.18 bits per heavy atom. The molecule has 122 valence electrons. The number of carbonyl (C=O) groups is 1. The van der Waals surface area contributed by atoms with Gasteiger partial charge in [0.15, 0.2) is 0 Å². The van der Waals surface area contributed by atoms with Crippen molar-refractivity contribution < 1.29 is 9.90 Å². The highest BCUT2D eigenvalue weighted by atomic mass is 35.5. The summed E-state index contributed by atoms with van der Waals surface area (Å²) in [4.78, 5) is 11.8. The first-order valence-electron chi connectivity index (χ1n) is 7.32. The topological polar surface area (TPSA) is 87.4 Å². The predicted octanol–water partition coefficient (Wildman–Crippen LogP) is 1.26. The molecule has 1 aromatic rings. The number of rotatable bonds is 5. The predicted molar refractivity (Wildman–Crippen MR) is 88.3 cm³/mol. The van der Waals surface area contributed by atoms with Gasteiger partial charge in [0.05, 0.1) is 16.7 Å². The van der Waals surface area contributed by atoms with Gasteiger partial charge in [-0.25, -0.2) is 0 Å². The summed E-state index contributed by atoms with van der Waals surface area (Å²) in [6.45, 7) is 0.866. The van der Waals surface area contributed by atoms with Crippen LogP contribution in [0.3, 0.4) is 0 Å². The van der Waals surface area contributed by atoms with Gasteiger partial charge in [-0.1, -0.05) is 29.3 Å². The normalized spacial score (nSPS) is 25.0. The molecule has 1 aliphatic heterocycles. The van der Waals surface area contributed by atoms with Crippen molar-refractivity contribution in [1.29, 1.82) is 0 Å². The summed E-state index contributed by atoms with van der Waals surface area (Å²) in [6.07, 6.45) is 1.12. The summed E-state index contributed by atoms with van der Waals surface area (Å²) in [6, 6.07) is 5.58. The number of hydrogen-bond donors (Lipinski definition) is 4. The van der Waals surface area contributed by atoms with Crippen LogP contribution in [0.4, 0.5) is 0 Å². The second-order valence-corrected chi connectivity index (χ2v) is 6.38. The van der Waals surface area contributed by atoms with Crippen LogP contribution in [0.2, 0.25) is 10.0 Å². The number of carbonyl (C=O) groups excluding carboxylic acids is 1. The Kier molecular flexibility index (Phi) is 6.47. The molecule has 0 saturated carbocycles. The summed E-state index contributed by atoms with van der Waals surface area (Å²) >= 11 is 12.0. The summed E-state index contributed by atoms with van der Waals surface area (Å²) in [7, 11) is 0. The number of aliphatic hydroxyl groups excluding tert-OH is 1. The highest BCUT2D eigenvalue weighted by Crippen LogP contribution is 2.32. The quantitative estimate of drug-likeness (QED) is 0.647. The van der Waals surface area contributed by atoms with Crippen LogP contribution in [-0.4, -0.2) is 42.8 Å². The van der Waals surface area contributed by atoms with Gasteiger partial charge in [-0.2, -0.15) is 0 Å². The zero-order chi connectivity index (χ0) is 16.1. The van der Waals surface area contributed by atoms with E-state index in [0.717, 1.165) is 12.0 Å². The van der Waals surface area contributed by atoms with Crippen LogP contribution >= 0.6 is 23.2 Å². The van der Waals surface area contributed by atoms with Crippen LogP contribution in [0.15, 0.2) is 18.2 Å². The molecule has 1 saturated heterocycles. The number of amides is 1. The number of piperidine rings is 1. The molecular weight excluding hydrogens is 325 g/mol. The van der Waals surface area contributed by atoms with Crippen molar-refractivity contribution in [2.45, 2.75) is 30.8 Å². The van der Waals surface area contributed by atoms with E-state index in [0.29, 0.717) is 23.0 Å². The van der Waals surface area contributed by atoms with Gasteiger partial charge in [0.1, 0.15) is 0 Å². The molecule has 22 heavy (non-hydrogen) atoms. The first kappa shape index (κ1) is 17.5. The molecule has 1 amide bonds. The first-order valence-corrected chi connectivity index (χ1v) is 8.08. The van der Waals surface area contributed by atoms with E-state index < -0.39 is 0 Å². The summed E-state index contributed by atoms with van der Waals surface area (Å²) in [5, 5.41) is 15.7. The van der Waals surface area contributed by atoms with E-state index in [1.54, 1.807) is 6.07 Å². The maximum atomic E-state index is 11.8. The van der Waals surface area contributed by atoms with E-state index in [-0.39, 0.29) is 37.1 Å². The molecular formula is C15H21Cl2N3O2. The minimum atomic E-state index is -0.0742. The minimum absolute atomic E-state index is 0.0333. The maximum Gasteiger partial charge on any atom is 0.221 e. The number of benzene rings is 1. The zero-order valence-electron chi connectivity index (χ0n) is 12.2. The van der Waals surface area contributed by atoms with E-state index in [9.17, 15) is 4.79 Å². The van der Waals surface area contributed by atoms with Gasteiger partial charge in [-0.15, -0.1) is 0 Å². The molecule has 1 aromatic carbocycles. The summed E-state index contributed by atoms with van der Waals surface area (Å²) < 4.78 is 0. The van der Waals surface area contributed by atoms with Crippen molar-refractivity contribution in [3.63, 3.8) is 0 Å². The fourth-order valence-electron chi connectivity index (χ4n) is 2.78. The molecule has 1 heterocycles. The van der Waals surface area contributed by atoms with Gasteiger partial charge in [0.25, 0.3) is 0 Å². The molecule has 0 spiro atoms. The van der Waals surface area contributed by atoms with Crippen molar-refractivity contribution in [3.8, 4) is 0 Å². The second kappa shape index (κ2) is 8.13. The molecule has 0 bridgehead atoms. The average molecular weight is 346 g/mol. The Labute approximate surface area is 140 Å². The van der Waals surface area contributed by atoms with E-state index >= 15 is 0 Å². The van der Waals surface area contributed by atoms with Crippen LogP contribution in [0.25, 0.3) is 0 Å². The molecule has 1 aliphatic rings. The molecule has 2 rings (SSSR count). The van der Waals surface area contributed by atoms with Gasteiger partial charge in [-0.05, 0) is 24.1 Å². The molecule has 0 aliphatic carbocycles. The monoisotopic (exact) mass is 345 g/mol. The van der Waals surface area contributed by atoms with Crippen molar-refractivity contribution in [2.24, 2.45) is 5.73 Å². The summed E-state index contributed by atoms with van der Waals surface area (Å²) in [5.41, 5.74) is 7.25. The van der Waals surface area contributed by atoms with Crippen LogP contribution in [0, 0.1) is 0 Å². The molecule has 0 radical (unpaired) electrons. The molecule has 1 unspecified atom stereocenters. The molecule has 3 atom stereocenters. The average Bonchev–Trinajstić information content (AvgIpc) is 2.50. The smallest absolute Gasteiger partial charge is 0.221 e. The number of hydrogen-bond acceptors (Lipinski definition) is 4. The lowest BCUT2D eigenvalue weighted by molar-refractivity contribution is -0.121. The molecule has 5 N–H and O–H groups in total. The largest absolute Gasteiger partial charge is 0.395 e. The van der Waals surface area contributed by atoms with Gasteiger partial charge in [-0.3, -0.25) is 4.79 Å². The number of aliphatic hydroxyl groups is 1. The van der Waals surface area contributed by atoms with E-state index in [1.807, 2.05) is 12.1 Å². The Balaban J connectivity index is 2.01. The third kappa shape index (κ3) is 4.57. The lowest BCUT2D eigenvalue weighted by atomic mass is 9.82. The number of nitrogens with two attached hydrogens (primary N) is 1. The van der Waals surface area contributed by atoms with Crippen LogP contribution in [0.1, 0.15) is 24.3 Å². The maximum absolute atomic E-state index is 11.8. The number of nitrogens with one attached hydrogen (secondary N) is 2. The van der Waals surface area contributed by atoms with E-state index in [4.69, 9.17) is 34.0 Å². The second-order valence-electron chi connectivity index (χ2n) is 5.56. The van der Waals surface area contributed by atoms with Crippen molar-refractivity contribution in [3.05, 3.63) is 33.8 Å². The summed E-state index contributed by atoms with van der Waals surface area (Å²) in [5.74, 6) is 0.0570. The molecule has 5 nitrogen and oxygen atoms in total. The highest BCUT2D eigenvalue weighted by Gasteiger charge is 2.30. The first-order chi connectivity index (χ1) is 10.5. The number of halogens is 2. The van der Waals surface area contributed by atoms with E-state index in [1.165, 1.54) is 0 Å². The molecule has 7 heteroatoms. The third-order valence-corrected chi connectivity index (χ3v) is 4.67. The lowest BCUT2D eigenvalue weighted by Crippen LogP contribution is -2.51. The van der Waals surface area contributed by atoms with Gasteiger partial charge < -0.3 is 21.5 Å². The zero-order valence-corrected chi connectivity index (χ0v) is 13.7. The molecule has 1 fully saturated rings. The van der Waals surface area contributed by atoms with Crippen LogP contribution in [0.5, 0.6) is 0 Å². The van der Waals surface area contributed by atoms with Crippen molar-refractivity contribution in [1.82, 2.24) is 10.6 Å². The lowest BCUT2D eigenvalue weighted by Gasteiger charge is -2.35. The Hall–Kier alpha value is -0.850. The Morgan fingerprint density at radius 3 is 2.86 bits per heavy atom. The van der Waals surface area contributed by atoms with Crippen molar-refractivity contribution in [2.75, 3.05) is 19.7 Å². The standard InChI is InChI=1S/C15H21Cl2N3O2/c16-12-2-1-9(5-13(12)17)11-6-10(20-8-14(11)18)7-15(22)19-3-4-21/h1-2,5,10-11,14,20-21H,3-4,6-8,18H2,(H,19,22)/t10?,11-,14+/m0/s1. The van der Waals surface area contributed by atoms with Crippen LogP contribution < -0.4 is 16.4 Å². The Morgan fingerprint density at radius 1 is 1.41 bits per heavy atom. The van der Waals surface area contributed by atoms with Gasteiger partial charge in [0.2, 0.25) is 5.91 Å². The van der Waals surface area contributed by atoms with Crippen molar-refractivity contribution >= 4 is 29.1 Å². The van der Waals surface area contributed by atoms with Gasteiger partial charge >= 0.3 is 0 Å².